The third kappa shape index (κ3) is 4.92. The molecular weight excluding hydrogens is 342 g/mol. The molecule has 0 spiro atoms. The van der Waals surface area contributed by atoms with E-state index in [-0.39, 0.29) is 6.10 Å². The normalized spacial score (nSPS) is 12.2. The molecule has 0 saturated carbocycles. The van der Waals surface area contributed by atoms with Crippen LogP contribution in [0.3, 0.4) is 0 Å². The lowest BCUT2D eigenvalue weighted by atomic mass is 10.1. The highest BCUT2D eigenvalue weighted by Gasteiger charge is 2.05. The molecule has 2 heterocycles. The van der Waals surface area contributed by atoms with Crippen molar-refractivity contribution in [2.75, 3.05) is 5.73 Å². The van der Waals surface area contributed by atoms with Crippen LogP contribution in [0.2, 0.25) is 0 Å². The van der Waals surface area contributed by atoms with Crippen LogP contribution in [-0.4, -0.2) is 21.2 Å². The molecule has 4 nitrogen and oxygen atoms in total. The first kappa shape index (κ1) is 18.1. The van der Waals surface area contributed by atoms with Crippen LogP contribution in [0.4, 0.5) is 5.82 Å². The molecule has 0 saturated heterocycles. The molecule has 1 unspecified atom stereocenters. The van der Waals surface area contributed by atoms with Crippen molar-refractivity contribution in [3.05, 3.63) is 58.7 Å². The van der Waals surface area contributed by atoms with Crippen molar-refractivity contribution in [2.24, 2.45) is 0 Å². The first-order valence-corrected chi connectivity index (χ1v) is 9.43. The number of benzene rings is 1. The topological polar surface area (TPSA) is 72.0 Å². The smallest absolute Gasteiger partial charge is 0.123 e. The molecule has 5 heteroatoms. The zero-order chi connectivity index (χ0) is 18.4. The van der Waals surface area contributed by atoms with Crippen molar-refractivity contribution < 1.29 is 5.11 Å². The number of allylic oxidation sites excluding steroid dienone is 1. The van der Waals surface area contributed by atoms with Gasteiger partial charge in [-0.1, -0.05) is 24.8 Å². The highest BCUT2D eigenvalue weighted by atomic mass is 32.1. The van der Waals surface area contributed by atoms with Crippen LogP contribution < -0.4 is 5.73 Å². The average Bonchev–Trinajstić information content (AvgIpc) is 3.06. The fourth-order valence-electron chi connectivity index (χ4n) is 2.47. The van der Waals surface area contributed by atoms with Gasteiger partial charge >= 0.3 is 0 Å². The second-order valence-electron chi connectivity index (χ2n) is 6.03. The highest BCUT2D eigenvalue weighted by molar-refractivity contribution is 7.19. The molecule has 26 heavy (non-hydrogen) atoms. The van der Waals surface area contributed by atoms with E-state index in [4.69, 9.17) is 5.73 Å². The Kier molecular flexibility index (Phi) is 6.00. The number of thiazole rings is 1. The second kappa shape index (κ2) is 8.61. The van der Waals surface area contributed by atoms with Crippen LogP contribution in [0.5, 0.6) is 0 Å². The summed E-state index contributed by atoms with van der Waals surface area (Å²) < 4.78 is 1.16. The van der Waals surface area contributed by atoms with Gasteiger partial charge in [-0.2, -0.15) is 0 Å². The molecule has 0 bridgehead atoms. The van der Waals surface area contributed by atoms with Gasteiger partial charge in [0.25, 0.3) is 0 Å². The number of pyridine rings is 1. The molecule has 2 aromatic heterocycles. The number of aliphatic hydroxyl groups is 1. The summed E-state index contributed by atoms with van der Waals surface area (Å²) in [7, 11) is 0. The summed E-state index contributed by atoms with van der Waals surface area (Å²) in [6, 6.07) is 9.88. The van der Waals surface area contributed by atoms with E-state index < -0.39 is 0 Å². The van der Waals surface area contributed by atoms with Crippen molar-refractivity contribution >= 4 is 33.4 Å². The molecule has 0 aliphatic carbocycles. The molecule has 1 atom stereocenters. The van der Waals surface area contributed by atoms with E-state index in [0.717, 1.165) is 40.1 Å². The zero-order valence-electron chi connectivity index (χ0n) is 14.6. The Morgan fingerprint density at radius 1 is 1.31 bits per heavy atom. The number of nitrogens with zero attached hydrogens (tertiary/aromatic N) is 2. The van der Waals surface area contributed by atoms with E-state index in [1.807, 2.05) is 25.1 Å². The predicted octanol–water partition coefficient (Wildman–Crippen LogP) is 4.04. The molecule has 0 aliphatic heterocycles. The lowest BCUT2D eigenvalue weighted by molar-refractivity contribution is 0.160. The quantitative estimate of drug-likeness (QED) is 0.671. The number of hydrogen-bond donors (Lipinski definition) is 2. The monoisotopic (exact) mass is 363 g/mol. The summed E-state index contributed by atoms with van der Waals surface area (Å²) in [5.74, 6) is 6.50. The molecule has 0 amide bonds. The first-order chi connectivity index (χ1) is 12.6. The van der Waals surface area contributed by atoms with E-state index in [2.05, 4.69) is 33.9 Å². The van der Waals surface area contributed by atoms with Gasteiger partial charge in [-0.15, -0.1) is 11.3 Å². The maximum atomic E-state index is 9.71. The van der Waals surface area contributed by atoms with Crippen LogP contribution in [0.15, 0.2) is 42.6 Å². The largest absolute Gasteiger partial charge is 0.393 e. The average molecular weight is 363 g/mol. The van der Waals surface area contributed by atoms with Crippen molar-refractivity contribution in [1.29, 1.82) is 0 Å². The summed E-state index contributed by atoms with van der Waals surface area (Å²) in [6.45, 7) is 2.00. The van der Waals surface area contributed by atoms with Gasteiger partial charge in [0, 0.05) is 11.8 Å². The number of anilines is 1. The third-order valence-corrected chi connectivity index (χ3v) is 5.00. The number of nitrogens with two attached hydrogens (primary N) is 1. The third-order valence-electron chi connectivity index (χ3n) is 4.02. The predicted molar refractivity (Wildman–Crippen MR) is 109 cm³/mol. The summed E-state index contributed by atoms with van der Waals surface area (Å²) in [5, 5.41) is 10.6. The summed E-state index contributed by atoms with van der Waals surface area (Å²) in [5.41, 5.74) is 8.61. The number of fused-ring (bicyclic) bond motifs is 1. The van der Waals surface area contributed by atoms with E-state index in [0.29, 0.717) is 5.82 Å². The van der Waals surface area contributed by atoms with Gasteiger partial charge in [-0.25, -0.2) is 9.97 Å². The van der Waals surface area contributed by atoms with Crippen molar-refractivity contribution in [3.8, 4) is 11.8 Å². The van der Waals surface area contributed by atoms with Gasteiger partial charge < -0.3 is 10.8 Å². The zero-order valence-corrected chi connectivity index (χ0v) is 15.5. The van der Waals surface area contributed by atoms with E-state index in [1.165, 1.54) is 5.56 Å². The lowest BCUT2D eigenvalue weighted by Gasteiger charge is -2.06. The van der Waals surface area contributed by atoms with E-state index in [1.54, 1.807) is 29.7 Å². The molecular formula is C21H21N3OS. The molecule has 3 rings (SSSR count). The van der Waals surface area contributed by atoms with Crippen molar-refractivity contribution in [3.63, 3.8) is 0 Å². The number of aromatic nitrogens is 2. The molecule has 132 valence electrons. The maximum Gasteiger partial charge on any atom is 0.123 e. The SMILES string of the molecule is CCC(O)CCc1ccc2nc(/C=C/C#Cc3ccc(N)nc3)sc2c1. The minimum absolute atomic E-state index is 0.222. The number of nitrogen functional groups attached to an aromatic ring is 1. The van der Waals surface area contributed by atoms with Crippen molar-refractivity contribution in [2.45, 2.75) is 32.3 Å². The lowest BCUT2D eigenvalue weighted by Crippen LogP contribution is -2.05. The highest BCUT2D eigenvalue weighted by Crippen LogP contribution is 2.25. The molecule has 3 N–H and O–H groups in total. The number of aliphatic hydroxyl groups excluding tert-OH is 1. The Balaban J connectivity index is 1.68. The Morgan fingerprint density at radius 2 is 2.19 bits per heavy atom. The Morgan fingerprint density at radius 3 is 2.96 bits per heavy atom. The summed E-state index contributed by atoms with van der Waals surface area (Å²) in [6.07, 6.45) is 7.63. The van der Waals surface area contributed by atoms with Gasteiger partial charge in [-0.3, -0.25) is 0 Å². The Bertz CT molecular complexity index is 964. The van der Waals surface area contributed by atoms with Crippen LogP contribution in [0.25, 0.3) is 16.3 Å². The fraction of sp³-hybridized carbons (Fsp3) is 0.238. The molecule has 1 aromatic carbocycles. The van der Waals surface area contributed by atoms with Crippen LogP contribution in [0.1, 0.15) is 35.9 Å². The standard InChI is InChI=1S/C21H21N3OS/c1-2-17(25)10-7-15-8-11-18-19(13-15)26-21(24-18)6-4-3-5-16-9-12-20(22)23-14-16/h4,6,8-9,11-14,17,25H,2,7,10H2,1H3,(H2,22,23)/b6-4+. The van der Waals surface area contributed by atoms with E-state index in [9.17, 15) is 5.11 Å². The number of aryl methyl sites for hydroxylation is 1. The Labute approximate surface area is 157 Å². The van der Waals surface area contributed by atoms with E-state index >= 15 is 0 Å². The summed E-state index contributed by atoms with van der Waals surface area (Å²) in [4.78, 5) is 8.62. The molecule has 0 radical (unpaired) electrons. The fourth-order valence-corrected chi connectivity index (χ4v) is 3.40. The van der Waals surface area contributed by atoms with Gasteiger partial charge in [0.2, 0.25) is 0 Å². The van der Waals surface area contributed by atoms with Crippen LogP contribution in [0, 0.1) is 11.8 Å². The summed E-state index contributed by atoms with van der Waals surface area (Å²) >= 11 is 1.64. The van der Waals surface area contributed by atoms with Crippen LogP contribution >= 0.6 is 11.3 Å². The van der Waals surface area contributed by atoms with Gasteiger partial charge in [-0.05, 0) is 61.2 Å². The van der Waals surface area contributed by atoms with Crippen LogP contribution in [-0.2, 0) is 6.42 Å². The first-order valence-electron chi connectivity index (χ1n) is 8.61. The van der Waals surface area contributed by atoms with Crippen molar-refractivity contribution in [1.82, 2.24) is 9.97 Å². The maximum absolute atomic E-state index is 9.71. The van der Waals surface area contributed by atoms with Gasteiger partial charge in [0.05, 0.1) is 16.3 Å². The minimum atomic E-state index is -0.222. The number of rotatable bonds is 5. The molecule has 0 fully saturated rings. The molecule has 3 aromatic rings. The Hall–Kier alpha value is -2.68. The molecule has 0 aliphatic rings. The van der Waals surface area contributed by atoms with Gasteiger partial charge in [0.15, 0.2) is 0 Å². The second-order valence-corrected chi connectivity index (χ2v) is 7.09. The minimum Gasteiger partial charge on any atom is -0.393 e. The number of hydrogen-bond acceptors (Lipinski definition) is 5. The van der Waals surface area contributed by atoms with Gasteiger partial charge in [0.1, 0.15) is 10.8 Å².